The molecule has 3 N–H and O–H groups in total. The van der Waals surface area contributed by atoms with E-state index in [4.69, 9.17) is 5.73 Å². The molecule has 0 aliphatic heterocycles. The van der Waals surface area contributed by atoms with E-state index in [1.54, 1.807) is 25.1 Å². The number of anilines is 1. The normalized spacial score (nSPS) is 9.31. The second kappa shape index (κ2) is 3.66. The minimum Gasteiger partial charge on any atom is -0.361 e. The molecule has 0 saturated heterocycles. The molecule has 2 amide bonds. The standard InChI is InChI=1S/C8H9N3O2/c1-5-3-2-4-6(10-5)11-8(13)7(9)12/h2-4H,1H3,(H2,9,12)(H,10,11,13). The Bertz CT molecular complexity index is 349. The topological polar surface area (TPSA) is 85.1 Å². The molecular formula is C8H9N3O2. The van der Waals surface area contributed by atoms with E-state index < -0.39 is 11.8 Å². The van der Waals surface area contributed by atoms with Crippen molar-refractivity contribution >= 4 is 17.6 Å². The fraction of sp³-hybridized carbons (Fsp3) is 0.125. The van der Waals surface area contributed by atoms with E-state index in [1.165, 1.54) is 0 Å². The van der Waals surface area contributed by atoms with Gasteiger partial charge in [-0.1, -0.05) is 6.07 Å². The predicted octanol–water partition coefficient (Wildman–Crippen LogP) is -0.186. The Morgan fingerprint density at radius 2 is 2.15 bits per heavy atom. The summed E-state index contributed by atoms with van der Waals surface area (Å²) in [5.41, 5.74) is 5.50. The van der Waals surface area contributed by atoms with Gasteiger partial charge in [0, 0.05) is 5.69 Å². The van der Waals surface area contributed by atoms with Gasteiger partial charge in [0.2, 0.25) is 0 Å². The third kappa shape index (κ3) is 2.55. The summed E-state index contributed by atoms with van der Waals surface area (Å²) in [4.78, 5) is 25.1. The average Bonchev–Trinajstić information content (AvgIpc) is 2.04. The van der Waals surface area contributed by atoms with Crippen LogP contribution < -0.4 is 11.1 Å². The maximum Gasteiger partial charge on any atom is 0.314 e. The second-order valence-electron chi connectivity index (χ2n) is 2.48. The maximum absolute atomic E-state index is 10.8. The molecule has 13 heavy (non-hydrogen) atoms. The second-order valence-corrected chi connectivity index (χ2v) is 2.48. The first-order chi connectivity index (χ1) is 6.09. The largest absolute Gasteiger partial charge is 0.361 e. The quantitative estimate of drug-likeness (QED) is 0.586. The fourth-order valence-corrected chi connectivity index (χ4v) is 0.791. The van der Waals surface area contributed by atoms with Crippen molar-refractivity contribution in [3.63, 3.8) is 0 Å². The number of pyridine rings is 1. The summed E-state index contributed by atoms with van der Waals surface area (Å²) in [6.07, 6.45) is 0. The lowest BCUT2D eigenvalue weighted by Gasteiger charge is -2.01. The van der Waals surface area contributed by atoms with Gasteiger partial charge in [-0.15, -0.1) is 0 Å². The van der Waals surface area contributed by atoms with Crippen LogP contribution in [0.2, 0.25) is 0 Å². The van der Waals surface area contributed by atoms with Crippen molar-refractivity contribution in [2.24, 2.45) is 5.73 Å². The Balaban J connectivity index is 2.75. The Morgan fingerprint density at radius 3 is 2.69 bits per heavy atom. The molecule has 68 valence electrons. The lowest BCUT2D eigenvalue weighted by atomic mass is 10.4. The Labute approximate surface area is 75.0 Å². The first-order valence-electron chi connectivity index (χ1n) is 3.64. The van der Waals surface area contributed by atoms with E-state index in [1.807, 2.05) is 0 Å². The molecule has 0 fully saturated rings. The molecule has 0 radical (unpaired) electrons. The molecule has 1 aromatic rings. The van der Waals surface area contributed by atoms with E-state index in [2.05, 4.69) is 10.3 Å². The summed E-state index contributed by atoms with van der Waals surface area (Å²) in [5.74, 6) is -1.56. The van der Waals surface area contributed by atoms with Gasteiger partial charge in [-0.05, 0) is 19.1 Å². The third-order valence-electron chi connectivity index (χ3n) is 1.35. The van der Waals surface area contributed by atoms with Crippen LogP contribution in [0.15, 0.2) is 18.2 Å². The van der Waals surface area contributed by atoms with Crippen LogP contribution >= 0.6 is 0 Å². The van der Waals surface area contributed by atoms with Crippen LogP contribution in [0.5, 0.6) is 0 Å². The minimum absolute atomic E-state index is 0.323. The van der Waals surface area contributed by atoms with Crippen molar-refractivity contribution in [1.82, 2.24) is 4.98 Å². The Morgan fingerprint density at radius 1 is 1.46 bits per heavy atom. The zero-order valence-electron chi connectivity index (χ0n) is 7.07. The zero-order chi connectivity index (χ0) is 9.84. The molecular weight excluding hydrogens is 170 g/mol. The summed E-state index contributed by atoms with van der Waals surface area (Å²) in [6, 6.07) is 5.08. The number of carbonyl (C=O) groups excluding carboxylic acids is 2. The van der Waals surface area contributed by atoms with Crippen LogP contribution in [0.25, 0.3) is 0 Å². The van der Waals surface area contributed by atoms with Crippen LogP contribution in [0.3, 0.4) is 0 Å². The van der Waals surface area contributed by atoms with Gasteiger partial charge in [0.25, 0.3) is 0 Å². The summed E-state index contributed by atoms with van der Waals surface area (Å²) in [6.45, 7) is 1.78. The highest BCUT2D eigenvalue weighted by molar-refractivity contribution is 6.38. The number of carbonyl (C=O) groups is 2. The molecule has 0 spiro atoms. The van der Waals surface area contributed by atoms with Gasteiger partial charge in [0.15, 0.2) is 0 Å². The fourth-order valence-electron chi connectivity index (χ4n) is 0.791. The first-order valence-corrected chi connectivity index (χ1v) is 3.64. The molecule has 1 rings (SSSR count). The van der Waals surface area contributed by atoms with Gasteiger partial charge in [0.05, 0.1) is 0 Å². The van der Waals surface area contributed by atoms with Crippen LogP contribution in [-0.2, 0) is 9.59 Å². The van der Waals surface area contributed by atoms with Crippen LogP contribution in [-0.4, -0.2) is 16.8 Å². The van der Waals surface area contributed by atoms with E-state index in [0.29, 0.717) is 5.82 Å². The van der Waals surface area contributed by atoms with Gasteiger partial charge < -0.3 is 11.1 Å². The summed E-state index contributed by atoms with van der Waals surface area (Å²) in [5, 5.41) is 2.26. The summed E-state index contributed by atoms with van der Waals surface area (Å²) >= 11 is 0. The van der Waals surface area contributed by atoms with E-state index in [-0.39, 0.29) is 0 Å². The zero-order valence-corrected chi connectivity index (χ0v) is 7.07. The highest BCUT2D eigenvalue weighted by Gasteiger charge is 2.08. The molecule has 0 aliphatic carbocycles. The number of hydrogen-bond acceptors (Lipinski definition) is 3. The first kappa shape index (κ1) is 9.18. The lowest BCUT2D eigenvalue weighted by Crippen LogP contribution is -2.29. The van der Waals surface area contributed by atoms with Gasteiger partial charge >= 0.3 is 11.8 Å². The Hall–Kier alpha value is -1.91. The monoisotopic (exact) mass is 179 g/mol. The summed E-state index contributed by atoms with van der Waals surface area (Å²) < 4.78 is 0. The molecule has 5 heteroatoms. The Kier molecular flexibility index (Phi) is 2.59. The average molecular weight is 179 g/mol. The van der Waals surface area contributed by atoms with Crippen molar-refractivity contribution < 1.29 is 9.59 Å². The van der Waals surface area contributed by atoms with Crippen LogP contribution in [0.1, 0.15) is 5.69 Å². The number of hydrogen-bond donors (Lipinski definition) is 2. The number of rotatable bonds is 1. The van der Waals surface area contributed by atoms with Crippen LogP contribution in [0.4, 0.5) is 5.82 Å². The molecule has 0 bridgehead atoms. The van der Waals surface area contributed by atoms with Gasteiger partial charge in [-0.25, -0.2) is 4.98 Å². The number of nitrogens with two attached hydrogens (primary N) is 1. The molecule has 0 aromatic carbocycles. The van der Waals surface area contributed by atoms with Gasteiger partial charge in [-0.2, -0.15) is 0 Å². The molecule has 0 saturated carbocycles. The van der Waals surface area contributed by atoms with Crippen LogP contribution in [0, 0.1) is 6.92 Å². The van der Waals surface area contributed by atoms with E-state index >= 15 is 0 Å². The SMILES string of the molecule is Cc1cccc(NC(=O)C(N)=O)n1. The minimum atomic E-state index is -1.02. The molecule has 0 aliphatic rings. The number of aryl methyl sites for hydroxylation is 1. The van der Waals surface area contributed by atoms with Crippen molar-refractivity contribution in [1.29, 1.82) is 0 Å². The van der Waals surface area contributed by atoms with E-state index in [9.17, 15) is 9.59 Å². The molecule has 1 heterocycles. The van der Waals surface area contributed by atoms with Crippen molar-refractivity contribution in [2.45, 2.75) is 6.92 Å². The number of nitrogens with zero attached hydrogens (tertiary/aromatic N) is 1. The molecule has 1 aromatic heterocycles. The highest BCUT2D eigenvalue weighted by atomic mass is 16.2. The van der Waals surface area contributed by atoms with Crippen molar-refractivity contribution in [3.05, 3.63) is 23.9 Å². The van der Waals surface area contributed by atoms with Gasteiger partial charge in [0.1, 0.15) is 5.82 Å². The number of primary amides is 1. The number of aromatic nitrogens is 1. The highest BCUT2D eigenvalue weighted by Crippen LogP contribution is 2.02. The molecule has 0 unspecified atom stereocenters. The van der Waals surface area contributed by atoms with Crippen molar-refractivity contribution in [2.75, 3.05) is 5.32 Å². The predicted molar refractivity (Wildman–Crippen MR) is 46.8 cm³/mol. The number of nitrogens with one attached hydrogen (secondary N) is 1. The maximum atomic E-state index is 10.8. The molecule has 5 nitrogen and oxygen atoms in total. The van der Waals surface area contributed by atoms with Crippen molar-refractivity contribution in [3.8, 4) is 0 Å². The number of amides is 2. The summed E-state index contributed by atoms with van der Waals surface area (Å²) in [7, 11) is 0. The van der Waals surface area contributed by atoms with E-state index in [0.717, 1.165) is 5.69 Å². The van der Waals surface area contributed by atoms with Gasteiger partial charge in [-0.3, -0.25) is 9.59 Å². The lowest BCUT2D eigenvalue weighted by molar-refractivity contribution is -0.134. The molecule has 0 atom stereocenters. The smallest absolute Gasteiger partial charge is 0.314 e. The third-order valence-corrected chi connectivity index (χ3v) is 1.35.